The summed E-state index contributed by atoms with van der Waals surface area (Å²) in [6, 6.07) is 10.8. The van der Waals surface area contributed by atoms with Crippen LogP contribution in [0.4, 0.5) is 23.7 Å². The highest BCUT2D eigenvalue weighted by Gasteiger charge is 2.46. The lowest BCUT2D eigenvalue weighted by molar-refractivity contribution is -0.118. The van der Waals surface area contributed by atoms with Gasteiger partial charge in [-0.05, 0) is 36.2 Å². The standard InChI is InChI=1S/C25H27ClF3N3O3/c1-3-7-21(31-17-13-25(28,29)14-17)23(19-10-4-5-11-20(19)26)32(18-9-6-8-16(27)12-18)22(33)15-30-24(34)35-2/h4-12,17,23,31H,3,13-15H2,1-2H3,(H,30,34)/b21-7-. The van der Waals surface area contributed by atoms with Gasteiger partial charge in [-0.25, -0.2) is 18.0 Å². The number of rotatable bonds is 9. The van der Waals surface area contributed by atoms with E-state index in [9.17, 15) is 22.8 Å². The van der Waals surface area contributed by atoms with Crippen molar-refractivity contribution < 1.29 is 27.5 Å². The maximum absolute atomic E-state index is 14.2. The fourth-order valence-electron chi connectivity index (χ4n) is 3.98. The minimum Gasteiger partial charge on any atom is -0.453 e. The van der Waals surface area contributed by atoms with Crippen molar-refractivity contribution in [2.24, 2.45) is 0 Å². The normalized spacial score (nSPS) is 16.1. The number of anilines is 1. The van der Waals surface area contributed by atoms with Crippen LogP contribution in [0.1, 0.15) is 37.8 Å². The van der Waals surface area contributed by atoms with Crippen molar-refractivity contribution in [2.45, 2.75) is 44.2 Å². The van der Waals surface area contributed by atoms with Gasteiger partial charge >= 0.3 is 6.09 Å². The molecule has 1 fully saturated rings. The number of nitrogens with zero attached hydrogens (tertiary/aromatic N) is 1. The maximum atomic E-state index is 14.2. The summed E-state index contributed by atoms with van der Waals surface area (Å²) in [6.45, 7) is 1.42. The molecule has 1 aliphatic rings. The van der Waals surface area contributed by atoms with Crippen LogP contribution in [0.5, 0.6) is 0 Å². The molecule has 0 radical (unpaired) electrons. The van der Waals surface area contributed by atoms with Crippen LogP contribution in [0.3, 0.4) is 0 Å². The molecule has 0 aliphatic heterocycles. The van der Waals surface area contributed by atoms with Gasteiger partial charge in [0, 0.05) is 35.3 Å². The third-order valence-corrected chi connectivity index (χ3v) is 5.91. The number of allylic oxidation sites excluding steroid dienone is 1. The zero-order valence-corrected chi connectivity index (χ0v) is 20.1. The number of carbonyl (C=O) groups excluding carboxylic acids is 2. The number of alkyl carbamates (subject to hydrolysis) is 1. The number of carbonyl (C=O) groups is 2. The zero-order chi connectivity index (χ0) is 25.6. The molecule has 3 rings (SSSR count). The lowest BCUT2D eigenvalue weighted by Crippen LogP contribution is -2.51. The molecule has 1 unspecified atom stereocenters. The molecule has 0 saturated heterocycles. The number of amides is 2. The van der Waals surface area contributed by atoms with Gasteiger partial charge in [-0.1, -0.05) is 48.9 Å². The Kier molecular flexibility index (Phi) is 8.67. The van der Waals surface area contributed by atoms with E-state index in [2.05, 4.69) is 15.4 Å². The molecular weight excluding hydrogens is 483 g/mol. The lowest BCUT2D eigenvalue weighted by Gasteiger charge is -2.41. The first kappa shape index (κ1) is 26.4. The van der Waals surface area contributed by atoms with Crippen molar-refractivity contribution in [3.63, 3.8) is 0 Å². The number of alkyl halides is 2. The van der Waals surface area contributed by atoms with Gasteiger partial charge in [0.05, 0.1) is 7.11 Å². The van der Waals surface area contributed by atoms with Gasteiger partial charge in [0.25, 0.3) is 5.92 Å². The van der Waals surface area contributed by atoms with Crippen molar-refractivity contribution in [3.05, 3.63) is 76.7 Å². The minimum absolute atomic E-state index is 0.203. The highest BCUT2D eigenvalue weighted by molar-refractivity contribution is 6.31. The quantitative estimate of drug-likeness (QED) is 0.462. The average molecular weight is 510 g/mol. The van der Waals surface area contributed by atoms with E-state index in [1.165, 1.54) is 23.1 Å². The monoisotopic (exact) mass is 509 g/mol. The first-order chi connectivity index (χ1) is 16.6. The number of ether oxygens (including phenoxy) is 1. The van der Waals surface area contributed by atoms with Gasteiger partial charge in [0.2, 0.25) is 5.91 Å². The second-order valence-electron chi connectivity index (χ2n) is 8.19. The third kappa shape index (κ3) is 6.69. The number of hydrogen-bond donors (Lipinski definition) is 2. The van der Waals surface area contributed by atoms with Gasteiger partial charge < -0.3 is 15.4 Å². The summed E-state index contributed by atoms with van der Waals surface area (Å²) in [7, 11) is 1.16. The first-order valence-electron chi connectivity index (χ1n) is 11.1. The smallest absolute Gasteiger partial charge is 0.407 e. The molecule has 0 aromatic heterocycles. The van der Waals surface area contributed by atoms with E-state index >= 15 is 0 Å². The van der Waals surface area contributed by atoms with E-state index < -0.39 is 42.4 Å². The van der Waals surface area contributed by atoms with Crippen LogP contribution in [0, 0.1) is 5.82 Å². The Labute approximate surface area is 207 Å². The predicted molar refractivity (Wildman–Crippen MR) is 128 cm³/mol. The van der Waals surface area contributed by atoms with E-state index in [1.807, 2.05) is 6.92 Å². The number of hydrogen-bond acceptors (Lipinski definition) is 4. The van der Waals surface area contributed by atoms with Crippen LogP contribution in [0.2, 0.25) is 5.02 Å². The molecule has 2 aromatic carbocycles. The van der Waals surface area contributed by atoms with Crippen LogP contribution in [-0.4, -0.2) is 37.6 Å². The Bertz CT molecular complexity index is 1090. The Morgan fingerprint density at radius 3 is 2.54 bits per heavy atom. The van der Waals surface area contributed by atoms with Crippen LogP contribution in [-0.2, 0) is 9.53 Å². The Balaban J connectivity index is 2.11. The molecule has 6 nitrogen and oxygen atoms in total. The van der Waals surface area contributed by atoms with Crippen molar-refractivity contribution in [1.82, 2.24) is 10.6 Å². The second-order valence-corrected chi connectivity index (χ2v) is 8.59. The summed E-state index contributed by atoms with van der Waals surface area (Å²) < 4.78 is 46.0. The molecule has 2 aromatic rings. The molecule has 2 amide bonds. The van der Waals surface area contributed by atoms with Crippen molar-refractivity contribution in [1.29, 1.82) is 0 Å². The maximum Gasteiger partial charge on any atom is 0.407 e. The summed E-state index contributed by atoms with van der Waals surface area (Å²) in [5, 5.41) is 5.83. The van der Waals surface area contributed by atoms with Crippen LogP contribution >= 0.6 is 11.6 Å². The predicted octanol–water partition coefficient (Wildman–Crippen LogP) is 5.59. The molecule has 0 bridgehead atoms. The number of nitrogens with one attached hydrogen (secondary N) is 2. The molecule has 1 saturated carbocycles. The molecular formula is C25H27ClF3N3O3. The number of halogens is 4. The lowest BCUT2D eigenvalue weighted by atomic mass is 9.87. The molecule has 10 heteroatoms. The minimum atomic E-state index is -2.75. The van der Waals surface area contributed by atoms with E-state index in [0.717, 1.165) is 7.11 Å². The summed E-state index contributed by atoms with van der Waals surface area (Å²) in [5.41, 5.74) is 1.18. The zero-order valence-electron chi connectivity index (χ0n) is 19.4. The van der Waals surface area contributed by atoms with E-state index in [0.29, 0.717) is 22.7 Å². The van der Waals surface area contributed by atoms with Gasteiger partial charge in [-0.2, -0.15) is 0 Å². The number of methoxy groups -OCH3 is 1. The SMILES string of the molecule is CC/C=C(\NC1CC(F)(F)C1)C(c1ccccc1Cl)N(C(=O)CNC(=O)OC)c1cccc(F)c1. The van der Waals surface area contributed by atoms with Gasteiger partial charge in [-0.15, -0.1) is 0 Å². The summed E-state index contributed by atoms with van der Waals surface area (Å²) in [6.07, 6.45) is 0.809. The van der Waals surface area contributed by atoms with Crippen molar-refractivity contribution >= 4 is 29.3 Å². The van der Waals surface area contributed by atoms with E-state index in [1.54, 1.807) is 36.4 Å². The fourth-order valence-corrected chi connectivity index (χ4v) is 4.22. The summed E-state index contributed by atoms with van der Waals surface area (Å²) in [5.74, 6) is -3.92. The highest BCUT2D eigenvalue weighted by atomic mass is 35.5. The van der Waals surface area contributed by atoms with Crippen molar-refractivity contribution in [3.8, 4) is 0 Å². The summed E-state index contributed by atoms with van der Waals surface area (Å²) >= 11 is 6.53. The first-order valence-corrected chi connectivity index (χ1v) is 11.5. The molecule has 1 atom stereocenters. The van der Waals surface area contributed by atoms with Gasteiger partial charge in [0.15, 0.2) is 0 Å². The molecule has 2 N–H and O–H groups in total. The molecule has 188 valence electrons. The second kappa shape index (κ2) is 11.5. The van der Waals surface area contributed by atoms with Crippen LogP contribution < -0.4 is 15.5 Å². The Morgan fingerprint density at radius 2 is 1.94 bits per heavy atom. The molecule has 0 spiro atoms. The number of benzene rings is 2. The average Bonchev–Trinajstić information content (AvgIpc) is 2.80. The molecule has 35 heavy (non-hydrogen) atoms. The molecule has 0 heterocycles. The van der Waals surface area contributed by atoms with Crippen molar-refractivity contribution in [2.75, 3.05) is 18.6 Å². The largest absolute Gasteiger partial charge is 0.453 e. The van der Waals surface area contributed by atoms with Crippen LogP contribution in [0.25, 0.3) is 0 Å². The van der Waals surface area contributed by atoms with E-state index in [4.69, 9.17) is 11.6 Å². The fraction of sp³-hybridized carbons (Fsp3) is 0.360. The van der Waals surface area contributed by atoms with Gasteiger partial charge in [-0.3, -0.25) is 9.69 Å². The Hall–Kier alpha value is -3.20. The topological polar surface area (TPSA) is 70.7 Å². The van der Waals surface area contributed by atoms with E-state index in [-0.39, 0.29) is 18.5 Å². The summed E-state index contributed by atoms with van der Waals surface area (Å²) in [4.78, 5) is 26.4. The van der Waals surface area contributed by atoms with Gasteiger partial charge in [0.1, 0.15) is 18.4 Å². The molecule has 1 aliphatic carbocycles. The third-order valence-electron chi connectivity index (χ3n) is 5.56. The van der Waals surface area contributed by atoms with Crippen LogP contribution in [0.15, 0.2) is 60.3 Å². The highest BCUT2D eigenvalue weighted by Crippen LogP contribution is 2.41. The Morgan fingerprint density at radius 1 is 1.23 bits per heavy atom.